The van der Waals surface area contributed by atoms with Gasteiger partial charge in [0.2, 0.25) is 0 Å². The normalized spacial score (nSPS) is 19.4. The van der Waals surface area contributed by atoms with Crippen LogP contribution in [0.2, 0.25) is 0 Å². The average molecular weight is 203 g/mol. The lowest BCUT2D eigenvalue weighted by Crippen LogP contribution is -2.15. The van der Waals surface area contributed by atoms with Gasteiger partial charge in [-0.15, -0.1) is 0 Å². The standard InChI is InChI=1S/C12H13NO2/c1-9-2-3-10-4-5-13(12(10)6-9)15-8-11-7-14-11/h2-6,11H,7-8H2,1H3. The molecule has 1 saturated heterocycles. The molecule has 0 amide bonds. The number of aryl methyl sites for hydroxylation is 1. The number of hydrogen-bond donors (Lipinski definition) is 0. The Morgan fingerprint density at radius 3 is 3.13 bits per heavy atom. The van der Waals surface area contributed by atoms with E-state index in [0.29, 0.717) is 12.7 Å². The van der Waals surface area contributed by atoms with E-state index in [2.05, 4.69) is 31.2 Å². The van der Waals surface area contributed by atoms with Crippen molar-refractivity contribution in [3.05, 3.63) is 36.0 Å². The topological polar surface area (TPSA) is 26.7 Å². The van der Waals surface area contributed by atoms with Gasteiger partial charge in [-0.05, 0) is 24.6 Å². The molecule has 2 aromatic rings. The first-order chi connectivity index (χ1) is 7.33. The van der Waals surface area contributed by atoms with E-state index in [-0.39, 0.29) is 0 Å². The molecule has 1 aliphatic rings. The van der Waals surface area contributed by atoms with E-state index in [0.717, 1.165) is 12.1 Å². The second-order valence-electron chi connectivity index (χ2n) is 3.95. The summed E-state index contributed by atoms with van der Waals surface area (Å²) in [6.07, 6.45) is 2.25. The van der Waals surface area contributed by atoms with Crippen LogP contribution in [0.25, 0.3) is 10.9 Å². The van der Waals surface area contributed by atoms with Gasteiger partial charge in [-0.3, -0.25) is 0 Å². The van der Waals surface area contributed by atoms with Gasteiger partial charge in [0.25, 0.3) is 0 Å². The van der Waals surface area contributed by atoms with Crippen molar-refractivity contribution in [3.8, 4) is 0 Å². The summed E-state index contributed by atoms with van der Waals surface area (Å²) in [6, 6.07) is 8.40. The monoisotopic (exact) mass is 203 g/mol. The maximum Gasteiger partial charge on any atom is 0.143 e. The molecule has 0 aliphatic carbocycles. The molecule has 78 valence electrons. The van der Waals surface area contributed by atoms with Gasteiger partial charge in [0, 0.05) is 11.6 Å². The second-order valence-corrected chi connectivity index (χ2v) is 3.95. The number of hydrogen-bond acceptors (Lipinski definition) is 2. The van der Waals surface area contributed by atoms with Crippen LogP contribution in [0.3, 0.4) is 0 Å². The van der Waals surface area contributed by atoms with Gasteiger partial charge in [-0.25, -0.2) is 0 Å². The van der Waals surface area contributed by atoms with Crippen LogP contribution in [0.1, 0.15) is 5.56 Å². The van der Waals surface area contributed by atoms with Gasteiger partial charge in [-0.2, -0.15) is 4.73 Å². The Morgan fingerprint density at radius 2 is 2.33 bits per heavy atom. The van der Waals surface area contributed by atoms with Gasteiger partial charge in [0.1, 0.15) is 12.7 Å². The van der Waals surface area contributed by atoms with Crippen LogP contribution in [0, 0.1) is 6.92 Å². The summed E-state index contributed by atoms with van der Waals surface area (Å²) in [5.74, 6) is 0. The van der Waals surface area contributed by atoms with Gasteiger partial charge in [0.05, 0.1) is 12.1 Å². The molecule has 0 saturated carbocycles. The van der Waals surface area contributed by atoms with Crippen LogP contribution < -0.4 is 4.84 Å². The first kappa shape index (κ1) is 8.80. The highest BCUT2D eigenvalue weighted by Gasteiger charge is 2.23. The highest BCUT2D eigenvalue weighted by atomic mass is 16.7. The molecule has 1 aliphatic heterocycles. The number of aromatic nitrogens is 1. The van der Waals surface area contributed by atoms with Gasteiger partial charge >= 0.3 is 0 Å². The van der Waals surface area contributed by atoms with Crippen molar-refractivity contribution in [2.24, 2.45) is 0 Å². The molecule has 3 rings (SSSR count). The third-order valence-electron chi connectivity index (χ3n) is 2.61. The number of nitrogens with zero attached hydrogens (tertiary/aromatic N) is 1. The molecule has 1 atom stereocenters. The molecule has 0 bridgehead atoms. The third-order valence-corrected chi connectivity index (χ3v) is 2.61. The predicted molar refractivity (Wildman–Crippen MR) is 57.9 cm³/mol. The summed E-state index contributed by atoms with van der Waals surface area (Å²) in [5.41, 5.74) is 2.37. The molecule has 3 heteroatoms. The Balaban J connectivity index is 1.91. The number of ether oxygens (including phenoxy) is 1. The van der Waals surface area contributed by atoms with Crippen molar-refractivity contribution >= 4 is 10.9 Å². The lowest BCUT2D eigenvalue weighted by molar-refractivity contribution is 0.104. The van der Waals surface area contributed by atoms with Crippen molar-refractivity contribution in [1.29, 1.82) is 0 Å². The molecular weight excluding hydrogens is 190 g/mol. The van der Waals surface area contributed by atoms with Crippen molar-refractivity contribution in [2.75, 3.05) is 13.2 Å². The van der Waals surface area contributed by atoms with Gasteiger partial charge in [-0.1, -0.05) is 12.1 Å². The molecule has 1 unspecified atom stereocenters. The first-order valence-corrected chi connectivity index (χ1v) is 5.15. The van der Waals surface area contributed by atoms with Crippen LogP contribution in [0.15, 0.2) is 30.5 Å². The van der Waals surface area contributed by atoms with Crippen molar-refractivity contribution in [1.82, 2.24) is 4.73 Å². The summed E-state index contributed by atoms with van der Waals surface area (Å²) in [4.78, 5) is 5.63. The van der Waals surface area contributed by atoms with E-state index in [1.165, 1.54) is 10.9 Å². The minimum absolute atomic E-state index is 0.298. The van der Waals surface area contributed by atoms with Gasteiger partial charge in [0.15, 0.2) is 0 Å². The van der Waals surface area contributed by atoms with E-state index in [1.54, 1.807) is 0 Å². The van der Waals surface area contributed by atoms with Crippen LogP contribution in [0.5, 0.6) is 0 Å². The fourth-order valence-corrected chi connectivity index (χ4v) is 1.65. The largest absolute Gasteiger partial charge is 0.411 e. The van der Waals surface area contributed by atoms with Crippen LogP contribution in [0.4, 0.5) is 0 Å². The highest BCUT2D eigenvalue weighted by Crippen LogP contribution is 2.17. The smallest absolute Gasteiger partial charge is 0.143 e. The molecule has 0 radical (unpaired) electrons. The quantitative estimate of drug-likeness (QED) is 0.711. The van der Waals surface area contributed by atoms with E-state index in [9.17, 15) is 0 Å². The number of epoxide rings is 1. The maximum atomic E-state index is 5.63. The van der Waals surface area contributed by atoms with E-state index in [4.69, 9.17) is 9.57 Å². The molecule has 3 nitrogen and oxygen atoms in total. The van der Waals surface area contributed by atoms with Crippen LogP contribution in [-0.2, 0) is 4.74 Å². The molecule has 15 heavy (non-hydrogen) atoms. The molecular formula is C12H13NO2. The third kappa shape index (κ3) is 1.70. The van der Waals surface area contributed by atoms with E-state index >= 15 is 0 Å². The minimum atomic E-state index is 0.298. The lowest BCUT2D eigenvalue weighted by Gasteiger charge is -2.06. The van der Waals surface area contributed by atoms with Crippen molar-refractivity contribution in [3.63, 3.8) is 0 Å². The Kier molecular flexibility index (Phi) is 1.92. The van der Waals surface area contributed by atoms with Crippen molar-refractivity contribution < 1.29 is 9.57 Å². The SMILES string of the molecule is Cc1ccc2ccn(OCC3CO3)c2c1. The second kappa shape index (κ2) is 3.28. The average Bonchev–Trinajstić information content (AvgIpc) is 2.97. The lowest BCUT2D eigenvalue weighted by atomic mass is 10.2. The zero-order chi connectivity index (χ0) is 10.3. The number of rotatable bonds is 3. The zero-order valence-corrected chi connectivity index (χ0v) is 8.64. The summed E-state index contributed by atoms with van der Waals surface area (Å²) < 4.78 is 6.93. The molecule has 2 heterocycles. The molecule has 0 spiro atoms. The summed E-state index contributed by atoms with van der Waals surface area (Å²) in [5, 5.41) is 1.21. The summed E-state index contributed by atoms with van der Waals surface area (Å²) in [6.45, 7) is 3.55. The van der Waals surface area contributed by atoms with E-state index < -0.39 is 0 Å². The molecule has 0 N–H and O–H groups in total. The first-order valence-electron chi connectivity index (χ1n) is 5.15. The highest BCUT2D eigenvalue weighted by molar-refractivity contribution is 5.80. The summed E-state index contributed by atoms with van der Waals surface area (Å²) in [7, 11) is 0. The minimum Gasteiger partial charge on any atom is -0.411 e. The maximum absolute atomic E-state index is 5.63. The van der Waals surface area contributed by atoms with E-state index in [1.807, 2.05) is 10.9 Å². The molecule has 1 aromatic carbocycles. The van der Waals surface area contributed by atoms with Crippen molar-refractivity contribution in [2.45, 2.75) is 13.0 Å². The zero-order valence-electron chi connectivity index (χ0n) is 8.64. The van der Waals surface area contributed by atoms with Gasteiger partial charge < -0.3 is 9.57 Å². The van der Waals surface area contributed by atoms with Crippen LogP contribution in [-0.4, -0.2) is 24.0 Å². The Hall–Kier alpha value is -1.48. The Labute approximate surface area is 88.2 Å². The fraction of sp³-hybridized carbons (Fsp3) is 0.333. The molecule has 1 fully saturated rings. The number of benzene rings is 1. The fourth-order valence-electron chi connectivity index (χ4n) is 1.65. The molecule has 1 aromatic heterocycles. The Bertz CT molecular complexity index is 485. The Morgan fingerprint density at radius 1 is 1.47 bits per heavy atom. The summed E-state index contributed by atoms with van der Waals surface area (Å²) >= 11 is 0. The van der Waals surface area contributed by atoms with Crippen LogP contribution >= 0.6 is 0 Å². The number of fused-ring (bicyclic) bond motifs is 1. The predicted octanol–water partition coefficient (Wildman–Crippen LogP) is 1.78.